The van der Waals surface area contributed by atoms with Gasteiger partial charge in [-0.25, -0.2) is 4.79 Å². The third-order valence-electron chi connectivity index (χ3n) is 5.74. The van der Waals surface area contributed by atoms with Crippen molar-refractivity contribution in [3.63, 3.8) is 0 Å². The van der Waals surface area contributed by atoms with Crippen molar-refractivity contribution in [2.45, 2.75) is 31.0 Å². The molecule has 2 fully saturated rings. The highest BCUT2D eigenvalue weighted by molar-refractivity contribution is 5.94. The predicted molar refractivity (Wildman–Crippen MR) is 119 cm³/mol. The number of aromatic carboxylic acids is 1. The molecule has 0 spiro atoms. The second-order valence-corrected chi connectivity index (χ2v) is 7.97. The van der Waals surface area contributed by atoms with Crippen LogP contribution in [0.5, 0.6) is 0 Å². The number of carboxylic acids is 1. The molecule has 3 aromatic rings. The number of rotatable bonds is 4. The fraction of sp³-hybridized carbons (Fsp3) is 0.292. The van der Waals surface area contributed by atoms with Gasteiger partial charge in [-0.05, 0) is 48.7 Å². The van der Waals surface area contributed by atoms with Gasteiger partial charge in [-0.1, -0.05) is 12.1 Å². The molecule has 0 aliphatic carbocycles. The Balaban J connectivity index is 0.000000172. The Morgan fingerprint density at radius 3 is 2.79 bits per heavy atom. The molecule has 0 bridgehead atoms. The molecule has 33 heavy (non-hydrogen) atoms. The molecular formula is C24H24N4O5. The zero-order valence-corrected chi connectivity index (χ0v) is 17.8. The van der Waals surface area contributed by atoms with Gasteiger partial charge in [0.25, 0.3) is 0 Å². The molecule has 3 unspecified atom stereocenters. The van der Waals surface area contributed by atoms with Crippen LogP contribution < -0.4 is 5.73 Å². The third-order valence-corrected chi connectivity index (χ3v) is 5.74. The number of hydrogen-bond donors (Lipinski definition) is 2. The number of hydrogen-bond acceptors (Lipinski definition) is 7. The van der Waals surface area contributed by atoms with Crippen LogP contribution in [0.1, 0.15) is 22.3 Å². The number of benzene rings is 1. The number of likely N-dealkylation sites (tertiary alicyclic amines) is 1. The van der Waals surface area contributed by atoms with E-state index >= 15 is 0 Å². The highest BCUT2D eigenvalue weighted by Gasteiger charge is 2.47. The van der Waals surface area contributed by atoms with Crippen LogP contribution >= 0.6 is 0 Å². The van der Waals surface area contributed by atoms with Gasteiger partial charge in [-0.15, -0.1) is 0 Å². The van der Waals surface area contributed by atoms with Gasteiger partial charge in [0, 0.05) is 30.5 Å². The maximum Gasteiger partial charge on any atom is 0.335 e. The Labute approximate surface area is 190 Å². The fourth-order valence-corrected chi connectivity index (χ4v) is 4.12. The van der Waals surface area contributed by atoms with Crippen molar-refractivity contribution >= 4 is 28.6 Å². The number of carboxylic acid groups (broad SMARTS) is 1. The van der Waals surface area contributed by atoms with Gasteiger partial charge in [-0.2, -0.15) is 0 Å². The standard InChI is InChI=1S/C14H17N3O3.C10H7NO2/c15-10(6-9-2-1-4-16-7-9)14(19)17-5-3-12-13(17)11(18)8-20-12;12-10(13)8-3-4-9-7(6-8)2-1-5-11-9/h1-2,4,7,10,12-13H,3,5-6,8,15H2;1-6H,(H,12,13). The average molecular weight is 448 g/mol. The van der Waals surface area contributed by atoms with E-state index in [-0.39, 0.29) is 24.4 Å². The summed E-state index contributed by atoms with van der Waals surface area (Å²) in [5.74, 6) is -1.11. The summed E-state index contributed by atoms with van der Waals surface area (Å²) in [6.45, 7) is 0.650. The molecule has 2 aromatic heterocycles. The smallest absolute Gasteiger partial charge is 0.335 e. The molecule has 1 aromatic carbocycles. The average Bonchev–Trinajstić information content (AvgIpc) is 3.42. The van der Waals surface area contributed by atoms with Gasteiger partial charge in [0.15, 0.2) is 5.78 Å². The summed E-state index contributed by atoms with van der Waals surface area (Å²) in [6.07, 6.45) is 6.05. The van der Waals surface area contributed by atoms with E-state index in [0.29, 0.717) is 24.9 Å². The summed E-state index contributed by atoms with van der Waals surface area (Å²) in [6, 6.07) is 11.1. The molecule has 2 saturated heterocycles. The molecule has 2 aliphatic heterocycles. The highest BCUT2D eigenvalue weighted by Crippen LogP contribution is 2.27. The number of carbonyl (C=O) groups is 3. The predicted octanol–water partition coefficient (Wildman–Crippen LogP) is 1.45. The number of pyridine rings is 2. The molecule has 170 valence electrons. The second kappa shape index (κ2) is 9.85. The Morgan fingerprint density at radius 1 is 1.21 bits per heavy atom. The van der Waals surface area contributed by atoms with Crippen LogP contribution in [0.4, 0.5) is 0 Å². The van der Waals surface area contributed by atoms with E-state index in [9.17, 15) is 14.4 Å². The van der Waals surface area contributed by atoms with Gasteiger partial charge in [0.1, 0.15) is 12.6 Å². The molecule has 5 rings (SSSR count). The first-order valence-corrected chi connectivity index (χ1v) is 10.6. The third kappa shape index (κ3) is 5.05. The summed E-state index contributed by atoms with van der Waals surface area (Å²) in [5, 5.41) is 9.57. The van der Waals surface area contributed by atoms with Crippen molar-refractivity contribution in [1.82, 2.24) is 14.9 Å². The lowest BCUT2D eigenvalue weighted by Crippen LogP contribution is -2.50. The number of aromatic nitrogens is 2. The number of fused-ring (bicyclic) bond motifs is 2. The normalized spacial score (nSPS) is 20.2. The summed E-state index contributed by atoms with van der Waals surface area (Å²) in [7, 11) is 0. The molecule has 9 nitrogen and oxygen atoms in total. The molecule has 3 N–H and O–H groups in total. The number of carbonyl (C=O) groups excluding carboxylic acids is 2. The van der Waals surface area contributed by atoms with Gasteiger partial charge in [-0.3, -0.25) is 19.6 Å². The zero-order chi connectivity index (χ0) is 23.4. The van der Waals surface area contributed by atoms with E-state index in [4.69, 9.17) is 15.6 Å². The summed E-state index contributed by atoms with van der Waals surface area (Å²) in [5.41, 5.74) is 8.01. The van der Waals surface area contributed by atoms with Crippen LogP contribution in [0.15, 0.2) is 61.1 Å². The number of amides is 1. The maximum atomic E-state index is 12.4. The first kappa shape index (κ1) is 22.5. The minimum absolute atomic E-state index is 0.0190. The molecule has 0 radical (unpaired) electrons. The van der Waals surface area contributed by atoms with Gasteiger partial charge in [0.2, 0.25) is 5.91 Å². The van der Waals surface area contributed by atoms with Gasteiger partial charge in [0.05, 0.1) is 23.2 Å². The van der Waals surface area contributed by atoms with Crippen LogP contribution in [-0.4, -0.2) is 69.0 Å². The van der Waals surface area contributed by atoms with Crippen molar-refractivity contribution in [2.24, 2.45) is 5.73 Å². The molecule has 0 saturated carbocycles. The quantitative estimate of drug-likeness (QED) is 0.612. The number of Topliss-reactive ketones (excluding diaryl/α,β-unsaturated/α-hetero) is 1. The van der Waals surface area contributed by atoms with E-state index < -0.39 is 18.1 Å². The molecule has 4 heterocycles. The van der Waals surface area contributed by atoms with Crippen molar-refractivity contribution in [1.29, 1.82) is 0 Å². The van der Waals surface area contributed by atoms with E-state index in [1.165, 1.54) is 0 Å². The second-order valence-electron chi connectivity index (χ2n) is 7.97. The van der Waals surface area contributed by atoms with Crippen LogP contribution in [-0.2, 0) is 20.7 Å². The van der Waals surface area contributed by atoms with E-state index in [0.717, 1.165) is 16.5 Å². The zero-order valence-electron chi connectivity index (χ0n) is 17.8. The summed E-state index contributed by atoms with van der Waals surface area (Å²) >= 11 is 0. The minimum Gasteiger partial charge on any atom is -0.478 e. The van der Waals surface area contributed by atoms with E-state index in [2.05, 4.69) is 9.97 Å². The van der Waals surface area contributed by atoms with Crippen LogP contribution in [0.3, 0.4) is 0 Å². The lowest BCUT2D eigenvalue weighted by atomic mass is 10.1. The Kier molecular flexibility index (Phi) is 6.71. The van der Waals surface area contributed by atoms with Crippen molar-refractivity contribution < 1.29 is 24.2 Å². The number of nitrogens with two attached hydrogens (primary N) is 1. The van der Waals surface area contributed by atoms with Gasteiger partial charge < -0.3 is 20.5 Å². The van der Waals surface area contributed by atoms with Crippen molar-refractivity contribution in [3.8, 4) is 0 Å². The van der Waals surface area contributed by atoms with Crippen LogP contribution in [0.25, 0.3) is 10.9 Å². The number of ether oxygens (including phenoxy) is 1. The van der Waals surface area contributed by atoms with Gasteiger partial charge >= 0.3 is 5.97 Å². The molecule has 3 atom stereocenters. The Morgan fingerprint density at radius 2 is 2.03 bits per heavy atom. The minimum atomic E-state index is -0.911. The molecule has 9 heteroatoms. The lowest BCUT2D eigenvalue weighted by molar-refractivity contribution is -0.137. The summed E-state index contributed by atoms with van der Waals surface area (Å²) < 4.78 is 5.37. The lowest BCUT2D eigenvalue weighted by Gasteiger charge is -2.25. The van der Waals surface area contributed by atoms with E-state index in [1.807, 2.05) is 18.2 Å². The SMILES string of the molecule is NC(Cc1cccnc1)C(=O)N1CCC2OCC(=O)C21.O=C(O)c1ccc2ncccc2c1. The Bertz CT molecular complexity index is 1170. The topological polar surface area (TPSA) is 136 Å². The largest absolute Gasteiger partial charge is 0.478 e. The maximum absolute atomic E-state index is 12.4. The summed E-state index contributed by atoms with van der Waals surface area (Å²) in [4.78, 5) is 44.5. The van der Waals surface area contributed by atoms with Crippen LogP contribution in [0.2, 0.25) is 0 Å². The monoisotopic (exact) mass is 448 g/mol. The first-order chi connectivity index (χ1) is 15.9. The molecular weight excluding hydrogens is 424 g/mol. The van der Waals surface area contributed by atoms with Crippen LogP contribution in [0, 0.1) is 0 Å². The van der Waals surface area contributed by atoms with Crippen molar-refractivity contribution in [2.75, 3.05) is 13.2 Å². The van der Waals surface area contributed by atoms with E-state index in [1.54, 1.807) is 47.8 Å². The number of ketones is 1. The molecule has 1 amide bonds. The number of nitrogens with zero attached hydrogens (tertiary/aromatic N) is 3. The fourth-order valence-electron chi connectivity index (χ4n) is 4.12. The first-order valence-electron chi connectivity index (χ1n) is 10.6. The highest BCUT2D eigenvalue weighted by atomic mass is 16.5. The molecule has 2 aliphatic rings. The van der Waals surface area contributed by atoms with Crippen molar-refractivity contribution in [3.05, 3.63) is 72.2 Å². The Hall–Kier alpha value is -3.69.